The molecule has 0 saturated heterocycles. The summed E-state index contributed by atoms with van der Waals surface area (Å²) in [7, 11) is 0. The zero-order valence-corrected chi connectivity index (χ0v) is 21.6. The number of rotatable bonds is 12. The smallest absolute Gasteiger partial charge is 0.320 e. The summed E-state index contributed by atoms with van der Waals surface area (Å²) in [5.74, 6) is -5.09. The van der Waals surface area contributed by atoms with E-state index >= 15 is 0 Å². The predicted molar refractivity (Wildman–Crippen MR) is 137 cm³/mol. The number of carbonyl (C=O) groups is 4. The van der Waals surface area contributed by atoms with E-state index in [-0.39, 0.29) is 31.6 Å². The summed E-state index contributed by atoms with van der Waals surface area (Å²) in [5.41, 5.74) is 7.09. The van der Waals surface area contributed by atoms with E-state index in [0.717, 1.165) is 0 Å². The zero-order chi connectivity index (χ0) is 27.1. The van der Waals surface area contributed by atoms with Gasteiger partial charge in [0.25, 0.3) is 5.91 Å². The quantitative estimate of drug-likeness (QED) is 0.343. The Kier molecular flexibility index (Phi) is 9.27. The third-order valence-corrected chi connectivity index (χ3v) is 6.07. The van der Waals surface area contributed by atoms with Crippen molar-refractivity contribution in [2.24, 2.45) is 17.6 Å². The Morgan fingerprint density at radius 2 is 1.59 bits per heavy atom. The summed E-state index contributed by atoms with van der Waals surface area (Å²) in [6, 6.07) is 14.0. The van der Waals surface area contributed by atoms with E-state index in [1.165, 1.54) is 0 Å². The van der Waals surface area contributed by atoms with Crippen LogP contribution in [0, 0.1) is 11.8 Å². The van der Waals surface area contributed by atoms with E-state index in [1.807, 2.05) is 19.9 Å². The number of benzene rings is 2. The molecule has 2 aromatic carbocycles. The van der Waals surface area contributed by atoms with E-state index in [2.05, 4.69) is 0 Å². The number of primary amides is 1. The average molecular weight is 511 g/mol. The van der Waals surface area contributed by atoms with Gasteiger partial charge in [-0.2, -0.15) is 0 Å². The van der Waals surface area contributed by atoms with Crippen molar-refractivity contribution >= 4 is 29.4 Å². The first-order valence-electron chi connectivity index (χ1n) is 12.4. The van der Waals surface area contributed by atoms with Crippen molar-refractivity contribution in [2.45, 2.75) is 39.5 Å². The number of fused-ring (bicyclic) bond motifs is 1. The summed E-state index contributed by atoms with van der Waals surface area (Å²) in [5, 5.41) is 0. The number of esters is 2. The molecule has 2 N–H and O–H groups in total. The second-order valence-electron chi connectivity index (χ2n) is 9.21. The van der Waals surface area contributed by atoms with Crippen LogP contribution in [0.3, 0.4) is 0 Å². The molecule has 2 unspecified atom stereocenters. The molecule has 2 amide bonds. The van der Waals surface area contributed by atoms with E-state index in [4.69, 9.17) is 19.9 Å². The fourth-order valence-electron chi connectivity index (χ4n) is 4.70. The van der Waals surface area contributed by atoms with Gasteiger partial charge in [0.15, 0.2) is 12.5 Å². The molecule has 0 aliphatic carbocycles. The Bertz CT molecular complexity index is 1110. The van der Waals surface area contributed by atoms with Gasteiger partial charge in [-0.1, -0.05) is 44.2 Å². The SMILES string of the molecule is CCOC(=O)C(C(=O)OCC)C(c1ccccc1)C1C(=O)N(CC(C)C)c2ccc(OCC(N)=O)cc21. The fraction of sp³-hybridized carbons (Fsp3) is 0.429. The monoisotopic (exact) mass is 510 g/mol. The van der Waals surface area contributed by atoms with Gasteiger partial charge in [-0.15, -0.1) is 0 Å². The van der Waals surface area contributed by atoms with Gasteiger partial charge in [0.05, 0.1) is 19.1 Å². The number of hydrogen-bond donors (Lipinski definition) is 1. The molecule has 9 heteroatoms. The highest BCUT2D eigenvalue weighted by atomic mass is 16.6. The molecule has 2 aromatic rings. The minimum Gasteiger partial charge on any atom is -0.484 e. The zero-order valence-electron chi connectivity index (χ0n) is 21.6. The molecular formula is C28H34N2O7. The van der Waals surface area contributed by atoms with E-state index < -0.39 is 35.6 Å². The molecule has 0 radical (unpaired) electrons. The van der Waals surface area contributed by atoms with Crippen LogP contribution in [-0.2, 0) is 28.7 Å². The highest BCUT2D eigenvalue weighted by Crippen LogP contribution is 2.49. The molecule has 0 spiro atoms. The molecule has 1 heterocycles. The molecule has 1 aliphatic heterocycles. The van der Waals surface area contributed by atoms with Gasteiger partial charge in [-0.3, -0.25) is 19.2 Å². The maximum Gasteiger partial charge on any atom is 0.320 e. The highest BCUT2D eigenvalue weighted by Gasteiger charge is 2.50. The number of amides is 2. The van der Waals surface area contributed by atoms with Crippen molar-refractivity contribution in [3.63, 3.8) is 0 Å². The lowest BCUT2D eigenvalue weighted by Crippen LogP contribution is -2.40. The van der Waals surface area contributed by atoms with Crippen molar-refractivity contribution in [2.75, 3.05) is 31.3 Å². The Balaban J connectivity index is 2.22. The van der Waals surface area contributed by atoms with Crippen LogP contribution in [0.15, 0.2) is 48.5 Å². The van der Waals surface area contributed by atoms with Gasteiger partial charge in [-0.25, -0.2) is 0 Å². The molecule has 0 bridgehead atoms. The standard InChI is InChI=1S/C28H34N2O7/c1-5-35-27(33)25(28(34)36-6-2)23(18-10-8-7-9-11-18)24-20-14-19(37-16-22(29)31)12-13-21(20)30(26(24)32)15-17(3)4/h7-14,17,23-25H,5-6,15-16H2,1-4H3,(H2,29,31). The third-order valence-electron chi connectivity index (χ3n) is 6.07. The van der Waals surface area contributed by atoms with Crippen LogP contribution >= 0.6 is 0 Å². The summed E-state index contributed by atoms with van der Waals surface area (Å²) < 4.78 is 16.1. The Morgan fingerprint density at radius 1 is 0.973 bits per heavy atom. The van der Waals surface area contributed by atoms with Gasteiger partial charge in [0, 0.05) is 18.2 Å². The molecule has 2 atom stereocenters. The Morgan fingerprint density at radius 3 is 2.14 bits per heavy atom. The topological polar surface area (TPSA) is 125 Å². The maximum atomic E-state index is 14.1. The van der Waals surface area contributed by atoms with E-state index in [9.17, 15) is 19.2 Å². The van der Waals surface area contributed by atoms with Gasteiger partial charge >= 0.3 is 11.9 Å². The van der Waals surface area contributed by atoms with Crippen LogP contribution in [0.4, 0.5) is 5.69 Å². The fourth-order valence-corrected chi connectivity index (χ4v) is 4.70. The van der Waals surface area contributed by atoms with Crippen molar-refractivity contribution in [1.29, 1.82) is 0 Å². The summed E-state index contributed by atoms with van der Waals surface area (Å²) >= 11 is 0. The minimum absolute atomic E-state index is 0.0655. The maximum absolute atomic E-state index is 14.1. The third kappa shape index (κ3) is 6.28. The lowest BCUT2D eigenvalue weighted by molar-refractivity contribution is -0.163. The van der Waals surface area contributed by atoms with Gasteiger partial charge < -0.3 is 24.8 Å². The predicted octanol–water partition coefficient (Wildman–Crippen LogP) is 3.16. The largest absolute Gasteiger partial charge is 0.484 e. The second kappa shape index (κ2) is 12.4. The van der Waals surface area contributed by atoms with Crippen molar-refractivity contribution in [3.8, 4) is 5.75 Å². The van der Waals surface area contributed by atoms with Crippen molar-refractivity contribution in [3.05, 3.63) is 59.7 Å². The number of nitrogens with two attached hydrogens (primary N) is 1. The number of hydrogen-bond acceptors (Lipinski definition) is 7. The molecule has 198 valence electrons. The Labute approximate surface area is 216 Å². The van der Waals surface area contributed by atoms with Crippen LogP contribution in [0.1, 0.15) is 50.7 Å². The van der Waals surface area contributed by atoms with Crippen LogP contribution in [-0.4, -0.2) is 50.1 Å². The van der Waals surface area contributed by atoms with Crippen molar-refractivity contribution < 1.29 is 33.4 Å². The molecular weight excluding hydrogens is 476 g/mol. The molecule has 1 aliphatic rings. The van der Waals surface area contributed by atoms with Gasteiger partial charge in [0.1, 0.15) is 5.75 Å². The lowest BCUT2D eigenvalue weighted by atomic mass is 9.74. The summed E-state index contributed by atoms with van der Waals surface area (Å²) in [6.07, 6.45) is 0. The number of nitrogens with zero attached hydrogens (tertiary/aromatic N) is 1. The minimum atomic E-state index is -1.38. The average Bonchev–Trinajstić information content (AvgIpc) is 3.11. The summed E-state index contributed by atoms with van der Waals surface area (Å²) in [6.45, 7) is 7.55. The van der Waals surface area contributed by atoms with Crippen LogP contribution in [0.5, 0.6) is 5.75 Å². The van der Waals surface area contributed by atoms with E-state index in [0.29, 0.717) is 29.1 Å². The van der Waals surface area contributed by atoms with Gasteiger partial charge in [0.2, 0.25) is 5.91 Å². The second-order valence-corrected chi connectivity index (χ2v) is 9.21. The first-order valence-corrected chi connectivity index (χ1v) is 12.4. The molecule has 37 heavy (non-hydrogen) atoms. The van der Waals surface area contributed by atoms with Gasteiger partial charge in [-0.05, 0) is 49.1 Å². The Hall–Kier alpha value is -3.88. The van der Waals surface area contributed by atoms with Crippen LogP contribution in [0.2, 0.25) is 0 Å². The first-order chi connectivity index (χ1) is 17.7. The lowest BCUT2D eigenvalue weighted by Gasteiger charge is -2.29. The molecule has 0 fully saturated rings. The molecule has 0 saturated carbocycles. The van der Waals surface area contributed by atoms with Crippen LogP contribution < -0.4 is 15.4 Å². The molecule has 9 nitrogen and oxygen atoms in total. The van der Waals surface area contributed by atoms with Crippen molar-refractivity contribution in [1.82, 2.24) is 0 Å². The number of ether oxygens (including phenoxy) is 3. The van der Waals surface area contributed by atoms with E-state index in [1.54, 1.807) is 61.2 Å². The number of carbonyl (C=O) groups excluding carboxylic acids is 4. The highest BCUT2D eigenvalue weighted by molar-refractivity contribution is 6.07. The summed E-state index contributed by atoms with van der Waals surface area (Å²) in [4.78, 5) is 53.5. The molecule has 0 aromatic heterocycles. The first kappa shape index (κ1) is 27.7. The number of anilines is 1. The molecule has 3 rings (SSSR count). The van der Waals surface area contributed by atoms with Crippen LogP contribution in [0.25, 0.3) is 0 Å². The normalized spacial score (nSPS) is 15.5.